The third-order valence-corrected chi connectivity index (χ3v) is 5.94. The van der Waals surface area contributed by atoms with Crippen molar-refractivity contribution in [1.29, 1.82) is 0 Å². The van der Waals surface area contributed by atoms with Crippen molar-refractivity contribution < 1.29 is 14.3 Å². The van der Waals surface area contributed by atoms with Gasteiger partial charge in [0, 0.05) is 19.6 Å². The number of piperidine rings is 1. The van der Waals surface area contributed by atoms with Crippen LogP contribution in [0.3, 0.4) is 0 Å². The lowest BCUT2D eigenvalue weighted by Crippen LogP contribution is -2.45. The molecule has 0 aliphatic carbocycles. The maximum Gasteiger partial charge on any atom is 0.260 e. The number of benzene rings is 2. The Balaban J connectivity index is 1.21. The van der Waals surface area contributed by atoms with E-state index in [-0.39, 0.29) is 12.5 Å². The second-order valence-electron chi connectivity index (χ2n) is 7.84. The molecule has 2 fully saturated rings. The van der Waals surface area contributed by atoms with Gasteiger partial charge in [-0.3, -0.25) is 4.79 Å². The topological polar surface area (TPSA) is 50.8 Å². The van der Waals surface area contributed by atoms with E-state index < -0.39 is 0 Å². The average Bonchev–Trinajstić information content (AvgIpc) is 3.20. The minimum atomic E-state index is 0.0743. The van der Waals surface area contributed by atoms with Crippen LogP contribution in [-0.4, -0.2) is 43.6 Å². The zero-order chi connectivity index (χ0) is 19.2. The third-order valence-electron chi connectivity index (χ3n) is 5.94. The Kier molecular flexibility index (Phi) is 5.81. The van der Waals surface area contributed by atoms with Crippen LogP contribution < -0.4 is 14.8 Å². The van der Waals surface area contributed by atoms with Gasteiger partial charge in [-0.1, -0.05) is 30.3 Å². The summed E-state index contributed by atoms with van der Waals surface area (Å²) >= 11 is 0. The number of carbonyl (C=O) groups is 1. The van der Waals surface area contributed by atoms with Gasteiger partial charge in [0.2, 0.25) is 0 Å². The predicted octanol–water partition coefficient (Wildman–Crippen LogP) is 3.25. The largest absolute Gasteiger partial charge is 0.489 e. The SMILES string of the molecule is O=C(COc1ccc(OCc2ccccc2)cc1)N1CCC2(CCNC2)CC1. The maximum absolute atomic E-state index is 12.5. The lowest BCUT2D eigenvalue weighted by atomic mass is 9.78. The van der Waals surface area contributed by atoms with Crippen LogP contribution in [-0.2, 0) is 11.4 Å². The highest BCUT2D eigenvalue weighted by Crippen LogP contribution is 2.36. The fraction of sp³-hybridized carbons (Fsp3) is 0.435. The summed E-state index contributed by atoms with van der Waals surface area (Å²) in [5.41, 5.74) is 1.55. The van der Waals surface area contributed by atoms with E-state index in [0.29, 0.717) is 17.8 Å². The van der Waals surface area contributed by atoms with Gasteiger partial charge in [0.1, 0.15) is 18.1 Å². The summed E-state index contributed by atoms with van der Waals surface area (Å²) in [5.74, 6) is 1.55. The van der Waals surface area contributed by atoms with Crippen molar-refractivity contribution in [2.45, 2.75) is 25.9 Å². The first-order chi connectivity index (χ1) is 13.7. The van der Waals surface area contributed by atoms with Crippen LogP contribution >= 0.6 is 0 Å². The number of hydrogen-bond acceptors (Lipinski definition) is 4. The van der Waals surface area contributed by atoms with Crippen LogP contribution in [0.5, 0.6) is 11.5 Å². The molecule has 0 unspecified atom stereocenters. The second-order valence-corrected chi connectivity index (χ2v) is 7.84. The van der Waals surface area contributed by atoms with E-state index in [1.54, 1.807) is 0 Å². The summed E-state index contributed by atoms with van der Waals surface area (Å²) in [4.78, 5) is 14.4. The highest BCUT2D eigenvalue weighted by molar-refractivity contribution is 5.77. The van der Waals surface area contributed by atoms with E-state index in [1.807, 2.05) is 59.5 Å². The minimum absolute atomic E-state index is 0.0743. The number of likely N-dealkylation sites (tertiary alicyclic amines) is 1. The van der Waals surface area contributed by atoms with Gasteiger partial charge in [0.05, 0.1) is 0 Å². The first kappa shape index (κ1) is 18.8. The number of nitrogens with zero attached hydrogens (tertiary/aromatic N) is 1. The Hall–Kier alpha value is -2.53. The van der Waals surface area contributed by atoms with Crippen LogP contribution in [0.4, 0.5) is 0 Å². The smallest absolute Gasteiger partial charge is 0.260 e. The van der Waals surface area contributed by atoms with Crippen molar-refractivity contribution in [3.63, 3.8) is 0 Å². The molecule has 4 rings (SSSR count). The van der Waals surface area contributed by atoms with Crippen molar-refractivity contribution >= 4 is 5.91 Å². The summed E-state index contributed by atoms with van der Waals surface area (Å²) in [5, 5.41) is 3.46. The average molecular weight is 380 g/mol. The molecule has 0 atom stereocenters. The molecule has 1 N–H and O–H groups in total. The zero-order valence-electron chi connectivity index (χ0n) is 16.2. The van der Waals surface area contributed by atoms with Crippen LogP contribution in [0.15, 0.2) is 54.6 Å². The number of carbonyl (C=O) groups excluding carboxylic acids is 1. The molecule has 1 amide bonds. The number of nitrogens with one attached hydrogen (secondary N) is 1. The van der Waals surface area contributed by atoms with Gasteiger partial charge >= 0.3 is 0 Å². The molecule has 2 heterocycles. The molecule has 0 bridgehead atoms. The molecule has 2 aromatic rings. The van der Waals surface area contributed by atoms with E-state index in [9.17, 15) is 4.79 Å². The van der Waals surface area contributed by atoms with Crippen molar-refractivity contribution in [2.75, 3.05) is 32.8 Å². The minimum Gasteiger partial charge on any atom is -0.489 e. The monoisotopic (exact) mass is 380 g/mol. The lowest BCUT2D eigenvalue weighted by molar-refractivity contribution is -0.135. The van der Waals surface area contributed by atoms with Gasteiger partial charge in [-0.15, -0.1) is 0 Å². The Morgan fingerprint density at radius 2 is 1.61 bits per heavy atom. The molecule has 5 heteroatoms. The number of rotatable bonds is 6. The summed E-state index contributed by atoms with van der Waals surface area (Å²) in [6.45, 7) is 4.53. The molecule has 2 saturated heterocycles. The number of amides is 1. The van der Waals surface area contributed by atoms with Gasteiger partial charge in [0.15, 0.2) is 6.61 Å². The number of hydrogen-bond donors (Lipinski definition) is 1. The number of ether oxygens (including phenoxy) is 2. The molecule has 2 aliphatic heterocycles. The molecular formula is C23H28N2O3. The fourth-order valence-electron chi connectivity index (χ4n) is 4.06. The summed E-state index contributed by atoms with van der Waals surface area (Å²) < 4.78 is 11.5. The predicted molar refractivity (Wildman–Crippen MR) is 108 cm³/mol. The first-order valence-corrected chi connectivity index (χ1v) is 10.1. The van der Waals surface area contributed by atoms with Crippen LogP contribution in [0.2, 0.25) is 0 Å². The highest BCUT2D eigenvalue weighted by Gasteiger charge is 2.37. The maximum atomic E-state index is 12.5. The molecule has 0 saturated carbocycles. The molecule has 0 aromatic heterocycles. The van der Waals surface area contributed by atoms with Crippen LogP contribution in [0, 0.1) is 5.41 Å². The van der Waals surface area contributed by atoms with Gasteiger partial charge in [-0.2, -0.15) is 0 Å². The van der Waals surface area contributed by atoms with Crippen molar-refractivity contribution in [3.05, 3.63) is 60.2 Å². The fourth-order valence-corrected chi connectivity index (χ4v) is 4.06. The molecule has 28 heavy (non-hydrogen) atoms. The Morgan fingerprint density at radius 1 is 0.929 bits per heavy atom. The van der Waals surface area contributed by atoms with E-state index in [0.717, 1.165) is 50.3 Å². The van der Waals surface area contributed by atoms with Gasteiger partial charge in [-0.25, -0.2) is 0 Å². The standard InChI is InChI=1S/C23H28N2O3/c26-22(25-14-11-23(12-15-25)10-13-24-18-23)17-28-21-8-6-20(7-9-21)27-16-19-4-2-1-3-5-19/h1-9,24H,10-18H2. The molecule has 2 aliphatic rings. The summed E-state index contributed by atoms with van der Waals surface area (Å²) in [6.07, 6.45) is 3.43. The Morgan fingerprint density at radius 3 is 2.25 bits per heavy atom. The third kappa shape index (κ3) is 4.65. The molecule has 2 aromatic carbocycles. The van der Waals surface area contributed by atoms with Crippen LogP contribution in [0.1, 0.15) is 24.8 Å². The molecule has 148 valence electrons. The van der Waals surface area contributed by atoms with Gasteiger partial charge in [-0.05, 0) is 61.1 Å². The normalized spacial score (nSPS) is 18.2. The van der Waals surface area contributed by atoms with Crippen LogP contribution in [0.25, 0.3) is 0 Å². The molecule has 5 nitrogen and oxygen atoms in total. The zero-order valence-corrected chi connectivity index (χ0v) is 16.2. The molecule has 1 spiro atoms. The molecular weight excluding hydrogens is 352 g/mol. The van der Waals surface area contributed by atoms with E-state index >= 15 is 0 Å². The lowest BCUT2D eigenvalue weighted by Gasteiger charge is -2.38. The quantitative estimate of drug-likeness (QED) is 0.836. The van der Waals surface area contributed by atoms with Crippen molar-refractivity contribution in [2.24, 2.45) is 5.41 Å². The second kappa shape index (κ2) is 8.65. The van der Waals surface area contributed by atoms with E-state index in [1.165, 1.54) is 6.42 Å². The van der Waals surface area contributed by atoms with E-state index in [4.69, 9.17) is 9.47 Å². The van der Waals surface area contributed by atoms with Crippen molar-refractivity contribution in [1.82, 2.24) is 10.2 Å². The van der Waals surface area contributed by atoms with Crippen molar-refractivity contribution in [3.8, 4) is 11.5 Å². The summed E-state index contributed by atoms with van der Waals surface area (Å²) in [6, 6.07) is 17.5. The Bertz CT molecular complexity index is 760. The molecule has 0 radical (unpaired) electrons. The Labute approximate surface area is 166 Å². The van der Waals surface area contributed by atoms with Gasteiger partial charge < -0.3 is 19.7 Å². The first-order valence-electron chi connectivity index (χ1n) is 10.1. The van der Waals surface area contributed by atoms with Gasteiger partial charge in [0.25, 0.3) is 5.91 Å². The van der Waals surface area contributed by atoms with E-state index in [2.05, 4.69) is 5.32 Å². The highest BCUT2D eigenvalue weighted by atomic mass is 16.5. The summed E-state index contributed by atoms with van der Waals surface area (Å²) in [7, 11) is 0.